The van der Waals surface area contributed by atoms with Crippen LogP contribution in [0, 0.1) is 29.1 Å². The standard InChI is InChI=1S/C56H90N6O14/c1-16-35(6)47(42(72-12)32-43(63)62-30-22-26-41(62)49(74-14)36(7)50(66)57-37(8)48(65)38-23-18-17-19-24-38)60(10)52(68)45(33(2)3)59-51(67)46(34(4)5)61(11)55(71)76-39-25-20-21-28-56(9,29-27-39)54(70)58-40(53(69)75-15)31-44(64)73-13/h17-20,23-25,33-37,39-42,45-49,65H,16,21-22,26-32H2,1-15H3,(H,57,66)(H,58,70)(H,59,67)/b25-20+/t35-,36+,37+,39-,40-,41-,42+,45-,46-,47-,48+,49+,56+/m0/s1. The molecule has 4 N–H and O–H groups in total. The van der Waals surface area contributed by atoms with E-state index in [1.54, 1.807) is 75.8 Å². The lowest BCUT2D eigenvalue weighted by Gasteiger charge is -2.41. The normalized spacial score (nSPS) is 22.1. The molecule has 20 nitrogen and oxygen atoms in total. The summed E-state index contributed by atoms with van der Waals surface area (Å²) in [5, 5.41) is 19.5. The molecule has 1 heterocycles. The molecule has 3 rings (SSSR count). The Morgan fingerprint density at radius 1 is 0.803 bits per heavy atom. The van der Waals surface area contributed by atoms with Gasteiger partial charge in [0.05, 0.1) is 69.4 Å². The lowest BCUT2D eigenvalue weighted by Crippen LogP contribution is -2.60. The summed E-state index contributed by atoms with van der Waals surface area (Å²) in [6.07, 6.45) is 2.42. The number of likely N-dealkylation sites (tertiary alicyclic amines) is 1. The second-order valence-electron chi connectivity index (χ2n) is 21.6. The van der Waals surface area contributed by atoms with E-state index >= 15 is 0 Å². The fourth-order valence-electron chi connectivity index (χ4n) is 10.5. The highest BCUT2D eigenvalue weighted by atomic mass is 16.6. The van der Waals surface area contributed by atoms with Crippen molar-refractivity contribution >= 4 is 47.6 Å². The molecule has 0 unspecified atom stereocenters. The number of ether oxygens (including phenoxy) is 5. The zero-order valence-electron chi connectivity index (χ0n) is 47.8. The minimum atomic E-state index is -1.25. The largest absolute Gasteiger partial charge is 0.469 e. The van der Waals surface area contributed by atoms with Gasteiger partial charge in [0.25, 0.3) is 0 Å². The number of amides is 6. The van der Waals surface area contributed by atoms with Crippen molar-refractivity contribution in [2.75, 3.05) is 49.1 Å². The molecule has 0 bridgehead atoms. The molecule has 0 radical (unpaired) electrons. The van der Waals surface area contributed by atoms with E-state index in [0.29, 0.717) is 44.2 Å². The fourth-order valence-corrected chi connectivity index (χ4v) is 10.5. The molecular formula is C56H90N6O14. The number of nitrogens with zero attached hydrogens (tertiary/aromatic N) is 3. The lowest BCUT2D eigenvalue weighted by molar-refractivity contribution is -0.151. The molecule has 1 aromatic rings. The molecule has 76 heavy (non-hydrogen) atoms. The predicted octanol–water partition coefficient (Wildman–Crippen LogP) is 5.10. The summed E-state index contributed by atoms with van der Waals surface area (Å²) in [4.78, 5) is 114. The van der Waals surface area contributed by atoms with E-state index in [4.69, 9.17) is 23.7 Å². The van der Waals surface area contributed by atoms with E-state index in [1.807, 2.05) is 45.9 Å². The minimum Gasteiger partial charge on any atom is -0.469 e. The summed E-state index contributed by atoms with van der Waals surface area (Å²) in [6.45, 7) is 16.8. The van der Waals surface area contributed by atoms with E-state index in [0.717, 1.165) is 7.11 Å². The van der Waals surface area contributed by atoms with Crippen molar-refractivity contribution in [3.05, 3.63) is 48.0 Å². The highest BCUT2D eigenvalue weighted by molar-refractivity contribution is 5.92. The molecule has 428 valence electrons. The number of benzene rings is 1. The van der Waals surface area contributed by atoms with Gasteiger partial charge in [0, 0.05) is 40.3 Å². The van der Waals surface area contributed by atoms with Crippen molar-refractivity contribution in [1.82, 2.24) is 30.7 Å². The molecule has 20 heteroatoms. The molecule has 1 aliphatic carbocycles. The van der Waals surface area contributed by atoms with Gasteiger partial charge in [-0.05, 0) is 74.8 Å². The number of aliphatic hydroxyl groups is 1. The van der Waals surface area contributed by atoms with E-state index in [1.165, 1.54) is 33.3 Å². The first-order valence-corrected chi connectivity index (χ1v) is 26.8. The topological polar surface area (TPSA) is 249 Å². The highest BCUT2D eigenvalue weighted by Crippen LogP contribution is 2.34. The summed E-state index contributed by atoms with van der Waals surface area (Å²) in [6, 6.07) is 4.10. The average molecular weight is 1070 g/mol. The number of aliphatic hydroxyl groups excluding tert-OH is 1. The van der Waals surface area contributed by atoms with Gasteiger partial charge in [0.15, 0.2) is 0 Å². The molecule has 1 aliphatic heterocycles. The first kappa shape index (κ1) is 64.7. The molecule has 0 aromatic heterocycles. The first-order chi connectivity index (χ1) is 35.8. The Kier molecular flexibility index (Phi) is 25.8. The number of carbonyl (C=O) groups is 8. The Balaban J connectivity index is 1.75. The third kappa shape index (κ3) is 17.2. The number of carbonyl (C=O) groups excluding carboxylic acids is 8. The monoisotopic (exact) mass is 1070 g/mol. The third-order valence-corrected chi connectivity index (χ3v) is 15.5. The predicted molar refractivity (Wildman–Crippen MR) is 285 cm³/mol. The second-order valence-corrected chi connectivity index (χ2v) is 21.6. The quantitative estimate of drug-likeness (QED) is 0.0536. The summed E-state index contributed by atoms with van der Waals surface area (Å²) in [5.41, 5.74) is -0.337. The van der Waals surface area contributed by atoms with E-state index in [9.17, 15) is 43.5 Å². The summed E-state index contributed by atoms with van der Waals surface area (Å²) in [7, 11) is 8.46. The van der Waals surface area contributed by atoms with Gasteiger partial charge in [-0.15, -0.1) is 0 Å². The van der Waals surface area contributed by atoms with Crippen LogP contribution in [0.4, 0.5) is 4.79 Å². The van der Waals surface area contributed by atoms with Crippen molar-refractivity contribution in [3.63, 3.8) is 0 Å². The number of likely N-dealkylation sites (N-methyl/N-ethyl adjacent to an activating group) is 2. The van der Waals surface area contributed by atoms with Gasteiger partial charge in [-0.3, -0.25) is 33.7 Å². The number of methoxy groups -OCH3 is 4. The number of hydrogen-bond donors (Lipinski definition) is 4. The minimum absolute atomic E-state index is 0.0759. The molecule has 1 saturated heterocycles. The second kappa shape index (κ2) is 30.4. The van der Waals surface area contributed by atoms with Crippen molar-refractivity contribution in [1.29, 1.82) is 0 Å². The van der Waals surface area contributed by atoms with Gasteiger partial charge in [0.1, 0.15) is 24.2 Å². The van der Waals surface area contributed by atoms with Crippen LogP contribution in [0.25, 0.3) is 0 Å². The van der Waals surface area contributed by atoms with Crippen LogP contribution in [0.3, 0.4) is 0 Å². The highest BCUT2D eigenvalue weighted by Gasteiger charge is 2.44. The zero-order chi connectivity index (χ0) is 57.2. The van der Waals surface area contributed by atoms with Crippen molar-refractivity contribution in [2.45, 2.75) is 181 Å². The van der Waals surface area contributed by atoms with Crippen LogP contribution >= 0.6 is 0 Å². The van der Waals surface area contributed by atoms with Gasteiger partial charge in [0.2, 0.25) is 29.5 Å². The molecule has 1 fully saturated rings. The Morgan fingerprint density at radius 2 is 1.46 bits per heavy atom. The van der Waals surface area contributed by atoms with E-state index in [2.05, 4.69) is 16.0 Å². The molecule has 6 amide bonds. The molecule has 0 saturated carbocycles. The van der Waals surface area contributed by atoms with Crippen molar-refractivity contribution in [3.8, 4) is 0 Å². The van der Waals surface area contributed by atoms with Gasteiger partial charge >= 0.3 is 18.0 Å². The maximum atomic E-state index is 14.8. The maximum Gasteiger partial charge on any atom is 0.410 e. The Morgan fingerprint density at radius 3 is 2.03 bits per heavy atom. The lowest BCUT2D eigenvalue weighted by atomic mass is 9.77. The van der Waals surface area contributed by atoms with Crippen LogP contribution < -0.4 is 16.0 Å². The first-order valence-electron chi connectivity index (χ1n) is 26.8. The molecule has 2 aliphatic rings. The number of allylic oxidation sites excluding steroid dienone is 1. The van der Waals surface area contributed by atoms with Crippen LogP contribution in [-0.4, -0.2) is 171 Å². The molecular weight excluding hydrogens is 981 g/mol. The fraction of sp³-hybridized carbons (Fsp3) is 0.714. The summed E-state index contributed by atoms with van der Waals surface area (Å²) in [5.74, 6) is -5.15. The number of esters is 2. The molecule has 0 spiro atoms. The zero-order valence-corrected chi connectivity index (χ0v) is 47.8. The van der Waals surface area contributed by atoms with Crippen LogP contribution in [0.1, 0.15) is 132 Å². The van der Waals surface area contributed by atoms with Crippen molar-refractivity contribution in [2.24, 2.45) is 29.1 Å². The van der Waals surface area contributed by atoms with Crippen LogP contribution in [0.15, 0.2) is 42.5 Å². The number of hydrogen-bond acceptors (Lipinski definition) is 14. The molecule has 13 atom stereocenters. The average Bonchev–Trinajstić information content (AvgIpc) is 3.88. The van der Waals surface area contributed by atoms with Gasteiger partial charge < -0.3 is 54.5 Å². The van der Waals surface area contributed by atoms with Gasteiger partial charge in [-0.1, -0.05) is 98.2 Å². The summed E-state index contributed by atoms with van der Waals surface area (Å²) < 4.78 is 27.5. The third-order valence-electron chi connectivity index (χ3n) is 15.5. The van der Waals surface area contributed by atoms with E-state index in [-0.39, 0.29) is 37.0 Å². The van der Waals surface area contributed by atoms with Crippen molar-refractivity contribution < 1.29 is 67.1 Å². The van der Waals surface area contributed by atoms with Gasteiger partial charge in [-0.25, -0.2) is 9.59 Å². The summed E-state index contributed by atoms with van der Waals surface area (Å²) >= 11 is 0. The van der Waals surface area contributed by atoms with E-state index < -0.39 is 126 Å². The van der Waals surface area contributed by atoms with Crippen LogP contribution in [-0.2, 0) is 57.2 Å². The van der Waals surface area contributed by atoms with Crippen LogP contribution in [0.5, 0.6) is 0 Å². The Bertz CT molecular complexity index is 2120. The smallest absolute Gasteiger partial charge is 0.410 e. The SMILES string of the molecule is CC[C@H](C)[C@@H]([C@@H](CC(=O)N1CCC[C@H]1[C@H](OC)[C@@H](C)C(=O)N[C@H](C)[C@@H](O)c1ccccc1)OC)N(C)C(=O)[C@@H](NC(=O)[C@H](C(C)C)N(C)C(=O)O[C@H]1/C=C/CC[C@@](C)(C(=O)N[C@@H](CC(=O)OC)C(=O)OC)CC1)C(C)C. The van der Waals surface area contributed by atoms with Gasteiger partial charge in [-0.2, -0.15) is 0 Å². The Labute approximate surface area is 451 Å². The maximum absolute atomic E-state index is 14.8. The molecule has 1 aromatic carbocycles. The van der Waals surface area contributed by atoms with Crippen LogP contribution in [0.2, 0.25) is 0 Å². The number of rotatable bonds is 26. The number of nitrogens with one attached hydrogen (secondary N) is 3. The Hall–Kier alpha value is -5.60.